The number of rotatable bonds is 7. The molecule has 0 saturated heterocycles. The van der Waals surface area contributed by atoms with Gasteiger partial charge in [-0.15, -0.1) is 0 Å². The van der Waals surface area contributed by atoms with Crippen LogP contribution in [0.5, 0.6) is 0 Å². The van der Waals surface area contributed by atoms with Crippen molar-refractivity contribution in [1.29, 1.82) is 0 Å². The summed E-state index contributed by atoms with van der Waals surface area (Å²) in [5.74, 6) is -1.55. The zero-order chi connectivity index (χ0) is 22.9. The quantitative estimate of drug-likeness (QED) is 0.498. The lowest BCUT2D eigenvalue weighted by Crippen LogP contribution is -2.30. The van der Waals surface area contributed by atoms with E-state index in [0.29, 0.717) is 28.1 Å². The number of amides is 3. The van der Waals surface area contributed by atoms with E-state index < -0.39 is 11.9 Å². The van der Waals surface area contributed by atoms with Crippen molar-refractivity contribution in [2.75, 3.05) is 24.3 Å². The van der Waals surface area contributed by atoms with Gasteiger partial charge in [0.15, 0.2) is 0 Å². The molecular formula is C24H21N3O5. The fourth-order valence-electron chi connectivity index (χ4n) is 2.73. The first-order valence-corrected chi connectivity index (χ1v) is 9.69. The highest BCUT2D eigenvalue weighted by Gasteiger charge is 2.11. The molecule has 0 atom stereocenters. The summed E-state index contributed by atoms with van der Waals surface area (Å²) >= 11 is 0. The van der Waals surface area contributed by atoms with E-state index in [4.69, 9.17) is 0 Å². The molecule has 0 spiro atoms. The van der Waals surface area contributed by atoms with Crippen LogP contribution in [0, 0.1) is 0 Å². The van der Waals surface area contributed by atoms with Gasteiger partial charge in [0.25, 0.3) is 17.7 Å². The van der Waals surface area contributed by atoms with Crippen molar-refractivity contribution in [1.82, 2.24) is 5.32 Å². The zero-order valence-electron chi connectivity index (χ0n) is 17.3. The summed E-state index contributed by atoms with van der Waals surface area (Å²) in [7, 11) is 1.24. The Morgan fingerprint density at radius 1 is 0.625 bits per heavy atom. The van der Waals surface area contributed by atoms with E-state index in [2.05, 4.69) is 20.7 Å². The average molecular weight is 431 g/mol. The van der Waals surface area contributed by atoms with Crippen LogP contribution in [0.3, 0.4) is 0 Å². The summed E-state index contributed by atoms with van der Waals surface area (Å²) < 4.78 is 4.47. The minimum atomic E-state index is -0.548. The maximum Gasteiger partial charge on any atom is 0.325 e. The third kappa shape index (κ3) is 6.02. The Balaban J connectivity index is 1.56. The van der Waals surface area contributed by atoms with E-state index in [1.165, 1.54) is 19.2 Å². The molecule has 3 aromatic rings. The molecule has 3 N–H and O–H groups in total. The van der Waals surface area contributed by atoms with Gasteiger partial charge in [-0.25, -0.2) is 0 Å². The summed E-state index contributed by atoms with van der Waals surface area (Å²) in [6, 6.07) is 21.5. The van der Waals surface area contributed by atoms with Crippen molar-refractivity contribution in [3.63, 3.8) is 0 Å². The highest BCUT2D eigenvalue weighted by molar-refractivity contribution is 6.06. The number of methoxy groups -OCH3 is 1. The minimum absolute atomic E-state index is 0.227. The monoisotopic (exact) mass is 431 g/mol. The second kappa shape index (κ2) is 10.5. The van der Waals surface area contributed by atoms with E-state index in [1.54, 1.807) is 60.7 Å². The first-order chi connectivity index (χ1) is 15.5. The maximum atomic E-state index is 12.5. The lowest BCUT2D eigenvalue weighted by atomic mass is 10.1. The summed E-state index contributed by atoms with van der Waals surface area (Å²) in [6.45, 7) is -0.227. The second-order valence-corrected chi connectivity index (χ2v) is 6.69. The molecule has 3 amide bonds. The average Bonchev–Trinajstić information content (AvgIpc) is 2.83. The van der Waals surface area contributed by atoms with Crippen molar-refractivity contribution in [2.24, 2.45) is 0 Å². The van der Waals surface area contributed by atoms with Crippen LogP contribution in [0.25, 0.3) is 0 Å². The first-order valence-electron chi connectivity index (χ1n) is 9.69. The third-order valence-corrected chi connectivity index (χ3v) is 4.47. The van der Waals surface area contributed by atoms with Gasteiger partial charge in [0.1, 0.15) is 6.54 Å². The molecule has 3 rings (SSSR count). The Morgan fingerprint density at radius 3 is 1.53 bits per heavy atom. The third-order valence-electron chi connectivity index (χ3n) is 4.47. The van der Waals surface area contributed by atoms with E-state index >= 15 is 0 Å². The van der Waals surface area contributed by atoms with Crippen molar-refractivity contribution in [3.05, 3.63) is 95.6 Å². The number of ether oxygens (including phenoxy) is 1. The van der Waals surface area contributed by atoms with Gasteiger partial charge in [-0.3, -0.25) is 19.2 Å². The highest BCUT2D eigenvalue weighted by atomic mass is 16.5. The smallest absolute Gasteiger partial charge is 0.325 e. The van der Waals surface area contributed by atoms with Gasteiger partial charge < -0.3 is 20.7 Å². The normalized spacial score (nSPS) is 10.0. The van der Waals surface area contributed by atoms with Crippen LogP contribution >= 0.6 is 0 Å². The molecule has 8 nitrogen and oxygen atoms in total. The van der Waals surface area contributed by atoms with E-state index in [0.717, 1.165) is 0 Å². The molecule has 0 bridgehead atoms. The number of carbonyl (C=O) groups excluding carboxylic acids is 4. The molecule has 0 radical (unpaired) electrons. The summed E-state index contributed by atoms with van der Waals surface area (Å²) in [5.41, 5.74) is 2.35. The highest BCUT2D eigenvalue weighted by Crippen LogP contribution is 2.15. The van der Waals surface area contributed by atoms with Crippen LogP contribution in [-0.4, -0.2) is 37.3 Å². The molecule has 0 aliphatic rings. The SMILES string of the molecule is COC(=O)CNC(=O)c1ccc(NC(=O)c2ccc(NC(=O)c3ccccc3)cc2)cc1. The van der Waals surface area contributed by atoms with Crippen molar-refractivity contribution in [3.8, 4) is 0 Å². The standard InChI is InChI=1S/C24H21N3O5/c1-32-21(28)15-25-22(29)17-7-11-19(12-8-17)27-24(31)18-9-13-20(14-10-18)26-23(30)16-5-3-2-4-6-16/h2-14H,15H2,1H3,(H,25,29)(H,26,30)(H,27,31). The fraction of sp³-hybridized carbons (Fsp3) is 0.0833. The maximum absolute atomic E-state index is 12.5. The molecule has 0 aliphatic heterocycles. The van der Waals surface area contributed by atoms with E-state index in [1.807, 2.05) is 6.07 Å². The lowest BCUT2D eigenvalue weighted by molar-refractivity contribution is -0.139. The number of hydrogen-bond acceptors (Lipinski definition) is 5. The predicted octanol–water partition coefficient (Wildman–Crippen LogP) is 3.09. The Labute approximate surface area is 184 Å². The molecule has 0 saturated carbocycles. The van der Waals surface area contributed by atoms with Crippen LogP contribution in [0.1, 0.15) is 31.1 Å². The molecule has 0 aliphatic carbocycles. The van der Waals surface area contributed by atoms with Crippen LogP contribution in [0.15, 0.2) is 78.9 Å². The molecule has 0 aromatic heterocycles. The van der Waals surface area contributed by atoms with Gasteiger partial charge in [0, 0.05) is 28.1 Å². The second-order valence-electron chi connectivity index (χ2n) is 6.69. The van der Waals surface area contributed by atoms with E-state index in [-0.39, 0.29) is 18.4 Å². The predicted molar refractivity (Wildman–Crippen MR) is 120 cm³/mol. The number of esters is 1. The zero-order valence-corrected chi connectivity index (χ0v) is 17.3. The first kappa shape index (κ1) is 22.2. The van der Waals surface area contributed by atoms with Gasteiger partial charge in [-0.05, 0) is 60.7 Å². The molecular weight excluding hydrogens is 410 g/mol. The van der Waals surface area contributed by atoms with Crippen LogP contribution < -0.4 is 16.0 Å². The number of hydrogen-bond donors (Lipinski definition) is 3. The number of anilines is 2. The van der Waals surface area contributed by atoms with Gasteiger partial charge in [-0.1, -0.05) is 18.2 Å². The molecule has 0 fully saturated rings. The Hall–Kier alpha value is -4.46. The summed E-state index contributed by atoms with van der Waals surface area (Å²) in [5, 5.41) is 7.95. The van der Waals surface area contributed by atoms with Crippen LogP contribution in [0.2, 0.25) is 0 Å². The van der Waals surface area contributed by atoms with Gasteiger partial charge in [-0.2, -0.15) is 0 Å². The van der Waals surface area contributed by atoms with E-state index in [9.17, 15) is 19.2 Å². The molecule has 162 valence electrons. The van der Waals surface area contributed by atoms with Gasteiger partial charge in [0.05, 0.1) is 7.11 Å². The number of nitrogens with one attached hydrogen (secondary N) is 3. The Kier molecular flexibility index (Phi) is 7.32. The molecule has 3 aromatic carbocycles. The van der Waals surface area contributed by atoms with Crippen molar-refractivity contribution >= 4 is 35.1 Å². The van der Waals surface area contributed by atoms with Crippen LogP contribution in [-0.2, 0) is 9.53 Å². The molecule has 0 unspecified atom stereocenters. The molecule has 8 heteroatoms. The number of carbonyl (C=O) groups is 4. The van der Waals surface area contributed by atoms with Gasteiger partial charge in [0.2, 0.25) is 0 Å². The minimum Gasteiger partial charge on any atom is -0.468 e. The molecule has 0 heterocycles. The molecule has 32 heavy (non-hydrogen) atoms. The largest absolute Gasteiger partial charge is 0.468 e. The Bertz CT molecular complexity index is 1110. The Morgan fingerprint density at radius 2 is 1.06 bits per heavy atom. The van der Waals surface area contributed by atoms with Gasteiger partial charge >= 0.3 is 5.97 Å². The topological polar surface area (TPSA) is 114 Å². The summed E-state index contributed by atoms with van der Waals surface area (Å²) in [6.07, 6.45) is 0. The van der Waals surface area contributed by atoms with Crippen molar-refractivity contribution < 1.29 is 23.9 Å². The lowest BCUT2D eigenvalue weighted by Gasteiger charge is -2.09. The number of benzene rings is 3. The van der Waals surface area contributed by atoms with Crippen LogP contribution in [0.4, 0.5) is 11.4 Å². The fourth-order valence-corrected chi connectivity index (χ4v) is 2.73. The van der Waals surface area contributed by atoms with Crippen molar-refractivity contribution in [2.45, 2.75) is 0 Å². The summed E-state index contributed by atoms with van der Waals surface area (Å²) in [4.78, 5) is 47.7.